The van der Waals surface area contributed by atoms with E-state index in [4.69, 9.17) is 5.21 Å². The van der Waals surface area contributed by atoms with Gasteiger partial charge in [0, 0.05) is 0 Å². The van der Waals surface area contributed by atoms with E-state index in [0.717, 1.165) is 24.1 Å². The zero-order valence-corrected chi connectivity index (χ0v) is 9.32. The lowest BCUT2D eigenvalue weighted by atomic mass is 10.0. The van der Waals surface area contributed by atoms with Crippen LogP contribution in [0.25, 0.3) is 0 Å². The predicted molar refractivity (Wildman–Crippen MR) is 63.5 cm³/mol. The van der Waals surface area contributed by atoms with Gasteiger partial charge >= 0.3 is 0 Å². The summed E-state index contributed by atoms with van der Waals surface area (Å²) in [6, 6.07) is 9.86. The van der Waals surface area contributed by atoms with Crippen molar-refractivity contribution < 1.29 is 5.21 Å². The molecule has 0 fully saturated rings. The van der Waals surface area contributed by atoms with Gasteiger partial charge in [0.1, 0.15) is 0 Å². The van der Waals surface area contributed by atoms with Crippen molar-refractivity contribution >= 4 is 5.71 Å². The van der Waals surface area contributed by atoms with Gasteiger partial charge in [0.25, 0.3) is 0 Å². The Morgan fingerprint density at radius 2 is 1.87 bits per heavy atom. The van der Waals surface area contributed by atoms with Crippen LogP contribution in [0.5, 0.6) is 0 Å². The van der Waals surface area contributed by atoms with Gasteiger partial charge in [-0.25, -0.2) is 0 Å². The van der Waals surface area contributed by atoms with Gasteiger partial charge in [-0.2, -0.15) is 0 Å². The zero-order valence-electron chi connectivity index (χ0n) is 9.32. The quantitative estimate of drug-likeness (QED) is 0.325. The summed E-state index contributed by atoms with van der Waals surface area (Å²) in [6.07, 6.45) is 5.66. The molecule has 2 nitrogen and oxygen atoms in total. The normalized spacial score (nSPS) is 11.7. The number of oxime groups is 1. The van der Waals surface area contributed by atoms with E-state index < -0.39 is 0 Å². The second-order valence-electron chi connectivity index (χ2n) is 3.72. The van der Waals surface area contributed by atoms with Crippen LogP contribution < -0.4 is 0 Å². The third-order valence-corrected chi connectivity index (χ3v) is 2.49. The maximum atomic E-state index is 8.92. The molecule has 0 aromatic heterocycles. The van der Waals surface area contributed by atoms with Crippen LogP contribution in [0.2, 0.25) is 0 Å². The van der Waals surface area contributed by atoms with Crippen LogP contribution in [0.1, 0.15) is 44.6 Å². The van der Waals surface area contributed by atoms with Gasteiger partial charge in [0.15, 0.2) is 0 Å². The number of hydrogen-bond donors (Lipinski definition) is 1. The van der Waals surface area contributed by atoms with Crippen molar-refractivity contribution in [2.24, 2.45) is 5.16 Å². The van der Waals surface area contributed by atoms with Crippen molar-refractivity contribution in [3.63, 3.8) is 0 Å². The Kier molecular flexibility index (Phi) is 5.52. The average Bonchev–Trinajstić information content (AvgIpc) is 2.30. The summed E-state index contributed by atoms with van der Waals surface area (Å²) in [7, 11) is 0. The molecule has 0 amide bonds. The molecule has 1 aromatic carbocycles. The number of nitrogens with zero attached hydrogens (tertiary/aromatic N) is 1. The minimum absolute atomic E-state index is 0.798. The van der Waals surface area contributed by atoms with E-state index in [2.05, 4.69) is 12.1 Å². The topological polar surface area (TPSA) is 32.6 Å². The van der Waals surface area contributed by atoms with Gasteiger partial charge in [-0.15, -0.1) is 0 Å². The first-order valence-electron chi connectivity index (χ1n) is 5.64. The van der Waals surface area contributed by atoms with E-state index >= 15 is 0 Å². The van der Waals surface area contributed by atoms with Crippen molar-refractivity contribution in [2.45, 2.75) is 39.0 Å². The molecule has 15 heavy (non-hydrogen) atoms. The summed E-state index contributed by atoms with van der Waals surface area (Å²) in [5.41, 5.74) is 1.82. The molecule has 1 N–H and O–H groups in total. The second-order valence-corrected chi connectivity index (χ2v) is 3.72. The Bertz CT molecular complexity index is 293. The van der Waals surface area contributed by atoms with Crippen LogP contribution >= 0.6 is 0 Å². The number of rotatable bonds is 6. The Balaban J connectivity index is 2.44. The molecule has 2 heteroatoms. The lowest BCUT2D eigenvalue weighted by molar-refractivity contribution is 0.317. The molecular weight excluding hydrogens is 186 g/mol. The average molecular weight is 205 g/mol. The summed E-state index contributed by atoms with van der Waals surface area (Å²) in [5, 5.41) is 12.3. The fraction of sp³-hybridized carbons (Fsp3) is 0.462. The first-order valence-corrected chi connectivity index (χ1v) is 5.64. The largest absolute Gasteiger partial charge is 0.411 e. The first kappa shape index (κ1) is 11.8. The van der Waals surface area contributed by atoms with Crippen LogP contribution in [-0.2, 0) is 0 Å². The van der Waals surface area contributed by atoms with Crippen LogP contribution in [0, 0.1) is 0 Å². The fourth-order valence-electron chi connectivity index (χ4n) is 1.60. The highest BCUT2D eigenvalue weighted by Gasteiger charge is 2.02. The van der Waals surface area contributed by atoms with Crippen molar-refractivity contribution in [1.82, 2.24) is 0 Å². The van der Waals surface area contributed by atoms with E-state index in [1.807, 2.05) is 30.3 Å². The Morgan fingerprint density at radius 1 is 1.13 bits per heavy atom. The number of unbranched alkanes of at least 4 members (excludes halogenated alkanes) is 3. The summed E-state index contributed by atoms with van der Waals surface area (Å²) in [5.74, 6) is 0. The molecule has 0 unspecified atom stereocenters. The summed E-state index contributed by atoms with van der Waals surface area (Å²) >= 11 is 0. The highest BCUT2D eigenvalue weighted by atomic mass is 16.4. The fourth-order valence-corrected chi connectivity index (χ4v) is 1.60. The third-order valence-electron chi connectivity index (χ3n) is 2.49. The molecule has 0 aliphatic carbocycles. The summed E-state index contributed by atoms with van der Waals surface area (Å²) < 4.78 is 0. The number of hydrogen-bond acceptors (Lipinski definition) is 2. The number of benzene rings is 1. The van der Waals surface area contributed by atoms with Gasteiger partial charge in [0.05, 0.1) is 5.71 Å². The summed E-state index contributed by atoms with van der Waals surface area (Å²) in [6.45, 7) is 2.19. The van der Waals surface area contributed by atoms with E-state index in [0.29, 0.717) is 0 Å². The molecule has 0 saturated heterocycles. The summed E-state index contributed by atoms with van der Waals surface area (Å²) in [4.78, 5) is 0. The van der Waals surface area contributed by atoms with Crippen LogP contribution in [-0.4, -0.2) is 10.9 Å². The van der Waals surface area contributed by atoms with Crippen molar-refractivity contribution in [3.05, 3.63) is 35.9 Å². The molecule has 0 atom stereocenters. The lowest BCUT2D eigenvalue weighted by Crippen LogP contribution is -2.00. The van der Waals surface area contributed by atoms with E-state index in [9.17, 15) is 0 Å². The Labute approximate surface area is 91.6 Å². The van der Waals surface area contributed by atoms with Crippen molar-refractivity contribution in [1.29, 1.82) is 0 Å². The van der Waals surface area contributed by atoms with Crippen molar-refractivity contribution in [2.75, 3.05) is 0 Å². The molecule has 1 rings (SSSR count). The standard InChI is InChI=1S/C13H19NO/c1-2-3-4-8-11-13(14-15)12-9-6-5-7-10-12/h5-7,9-10,15H,2-4,8,11H2,1H3/b14-13+. The molecule has 0 aliphatic heterocycles. The second kappa shape index (κ2) is 7.04. The van der Waals surface area contributed by atoms with E-state index in [1.54, 1.807) is 0 Å². The third kappa shape index (κ3) is 4.15. The smallest absolute Gasteiger partial charge is 0.0867 e. The maximum Gasteiger partial charge on any atom is 0.0867 e. The maximum absolute atomic E-state index is 8.92. The van der Waals surface area contributed by atoms with Crippen LogP contribution in [0.15, 0.2) is 35.5 Å². The molecule has 0 heterocycles. The molecule has 0 radical (unpaired) electrons. The molecule has 0 saturated carbocycles. The molecule has 82 valence electrons. The lowest BCUT2D eigenvalue weighted by Gasteiger charge is -2.03. The predicted octanol–water partition coefficient (Wildman–Crippen LogP) is 3.84. The minimum Gasteiger partial charge on any atom is -0.411 e. The SMILES string of the molecule is CCCCCC/C(=N\O)c1ccccc1. The molecule has 0 spiro atoms. The zero-order chi connectivity index (χ0) is 10.9. The van der Waals surface area contributed by atoms with Gasteiger partial charge < -0.3 is 5.21 Å². The van der Waals surface area contributed by atoms with Gasteiger partial charge in [-0.05, 0) is 18.4 Å². The minimum atomic E-state index is 0.798. The Morgan fingerprint density at radius 3 is 2.47 bits per heavy atom. The molecule has 0 aliphatic rings. The van der Waals surface area contributed by atoms with Crippen LogP contribution in [0.3, 0.4) is 0 Å². The molecule has 1 aromatic rings. The monoisotopic (exact) mass is 205 g/mol. The highest BCUT2D eigenvalue weighted by Crippen LogP contribution is 2.09. The van der Waals surface area contributed by atoms with Gasteiger partial charge in [0.2, 0.25) is 0 Å². The molecular formula is C13H19NO. The van der Waals surface area contributed by atoms with Crippen LogP contribution in [0.4, 0.5) is 0 Å². The van der Waals surface area contributed by atoms with E-state index in [1.165, 1.54) is 19.3 Å². The van der Waals surface area contributed by atoms with Gasteiger partial charge in [-0.1, -0.05) is 61.7 Å². The Hall–Kier alpha value is -1.31. The van der Waals surface area contributed by atoms with Gasteiger partial charge in [-0.3, -0.25) is 0 Å². The highest BCUT2D eigenvalue weighted by molar-refractivity contribution is 6.00. The molecule has 0 bridgehead atoms. The van der Waals surface area contributed by atoms with Crippen molar-refractivity contribution in [3.8, 4) is 0 Å². The van der Waals surface area contributed by atoms with E-state index in [-0.39, 0.29) is 0 Å². The first-order chi connectivity index (χ1) is 7.38.